The maximum absolute atomic E-state index is 11.7. The third-order valence-electron chi connectivity index (χ3n) is 2.40. The predicted molar refractivity (Wildman–Crippen MR) is 45.2 cm³/mol. The second kappa shape index (κ2) is 3.20. The first kappa shape index (κ1) is 9.91. The van der Waals surface area contributed by atoms with Crippen LogP contribution in [0.1, 0.15) is 6.42 Å². The Morgan fingerprint density at radius 1 is 1.27 bits per heavy atom. The van der Waals surface area contributed by atoms with Crippen LogP contribution in [0, 0.1) is 0 Å². The summed E-state index contributed by atoms with van der Waals surface area (Å²) in [5, 5.41) is 0. The molecule has 0 bridgehead atoms. The zero-order chi connectivity index (χ0) is 11.1. The highest BCUT2D eigenvalue weighted by Crippen LogP contribution is 2.32. The van der Waals surface area contributed by atoms with Gasteiger partial charge in [-0.1, -0.05) is 0 Å². The van der Waals surface area contributed by atoms with Gasteiger partial charge in [0, 0.05) is 19.6 Å². The van der Waals surface area contributed by atoms with E-state index in [4.69, 9.17) is 5.73 Å². The fourth-order valence-electron chi connectivity index (χ4n) is 1.69. The number of carbonyl (C=O) groups excluding carboxylic acids is 3. The standard InChI is InChI=1S/C8H10N2O5/c9-2-4-10-3-1-8(7(10)13)14-5(11)6(12)15-8/h1-4,9H2. The van der Waals surface area contributed by atoms with Gasteiger partial charge < -0.3 is 20.1 Å². The van der Waals surface area contributed by atoms with Crippen molar-refractivity contribution < 1.29 is 23.9 Å². The summed E-state index contributed by atoms with van der Waals surface area (Å²) < 4.78 is 9.34. The highest BCUT2D eigenvalue weighted by Gasteiger charge is 2.59. The van der Waals surface area contributed by atoms with Crippen molar-refractivity contribution in [2.75, 3.05) is 19.6 Å². The van der Waals surface area contributed by atoms with E-state index in [1.165, 1.54) is 4.90 Å². The number of likely N-dealkylation sites (tertiary alicyclic amines) is 1. The van der Waals surface area contributed by atoms with Crippen LogP contribution in [0.25, 0.3) is 0 Å². The van der Waals surface area contributed by atoms with Crippen molar-refractivity contribution in [1.82, 2.24) is 4.90 Å². The van der Waals surface area contributed by atoms with Crippen LogP contribution in [0.15, 0.2) is 0 Å². The molecule has 1 spiro atoms. The first-order valence-corrected chi connectivity index (χ1v) is 4.55. The van der Waals surface area contributed by atoms with E-state index < -0.39 is 23.6 Å². The molecule has 7 heteroatoms. The van der Waals surface area contributed by atoms with Crippen LogP contribution in [-0.4, -0.2) is 48.2 Å². The largest absolute Gasteiger partial charge is 0.421 e. The molecule has 0 aromatic carbocycles. The summed E-state index contributed by atoms with van der Waals surface area (Å²) in [7, 11) is 0. The van der Waals surface area contributed by atoms with E-state index in [0.29, 0.717) is 19.6 Å². The Kier molecular flexibility index (Phi) is 2.11. The molecule has 2 N–H and O–H groups in total. The quantitative estimate of drug-likeness (QED) is 0.420. The number of esters is 2. The molecule has 0 aromatic heterocycles. The average molecular weight is 214 g/mol. The summed E-state index contributed by atoms with van der Waals surface area (Å²) in [6.45, 7) is 1.04. The number of nitrogens with zero attached hydrogens (tertiary/aromatic N) is 1. The Morgan fingerprint density at radius 3 is 2.40 bits per heavy atom. The lowest BCUT2D eigenvalue weighted by molar-refractivity contribution is -0.187. The summed E-state index contributed by atoms with van der Waals surface area (Å²) in [5.41, 5.74) is 5.30. The molecule has 2 aliphatic heterocycles. The summed E-state index contributed by atoms with van der Waals surface area (Å²) >= 11 is 0. The highest BCUT2D eigenvalue weighted by atomic mass is 16.8. The van der Waals surface area contributed by atoms with E-state index >= 15 is 0 Å². The number of nitrogens with two attached hydrogens (primary N) is 1. The van der Waals surface area contributed by atoms with Gasteiger partial charge in [-0.15, -0.1) is 0 Å². The van der Waals surface area contributed by atoms with Crippen molar-refractivity contribution in [3.63, 3.8) is 0 Å². The Bertz CT molecular complexity index is 324. The molecule has 0 aliphatic carbocycles. The molecule has 0 aromatic rings. The maximum Gasteiger partial charge on any atom is 0.421 e. The van der Waals surface area contributed by atoms with Gasteiger partial charge in [0.05, 0.1) is 6.42 Å². The molecule has 0 unspecified atom stereocenters. The van der Waals surface area contributed by atoms with E-state index in [9.17, 15) is 14.4 Å². The molecule has 1 amide bonds. The van der Waals surface area contributed by atoms with Crippen molar-refractivity contribution in [2.45, 2.75) is 12.2 Å². The molecule has 0 radical (unpaired) electrons. The van der Waals surface area contributed by atoms with Gasteiger partial charge in [0.1, 0.15) is 0 Å². The topological polar surface area (TPSA) is 98.9 Å². The number of amides is 1. The van der Waals surface area contributed by atoms with Crippen molar-refractivity contribution >= 4 is 17.8 Å². The first-order valence-electron chi connectivity index (χ1n) is 4.55. The molecular formula is C8H10N2O5. The maximum atomic E-state index is 11.7. The Morgan fingerprint density at radius 2 is 1.87 bits per heavy atom. The summed E-state index contributed by atoms with van der Waals surface area (Å²) in [6, 6.07) is 0. The predicted octanol–water partition coefficient (Wildman–Crippen LogP) is -2.03. The minimum Gasteiger partial charge on any atom is -0.405 e. The van der Waals surface area contributed by atoms with Crippen LogP contribution >= 0.6 is 0 Å². The van der Waals surface area contributed by atoms with Gasteiger partial charge in [-0.2, -0.15) is 0 Å². The number of rotatable bonds is 2. The minimum absolute atomic E-state index is 0.170. The molecule has 2 saturated heterocycles. The molecule has 7 nitrogen and oxygen atoms in total. The third kappa shape index (κ3) is 1.35. The molecule has 82 valence electrons. The van der Waals surface area contributed by atoms with Crippen LogP contribution in [0.3, 0.4) is 0 Å². The molecule has 0 saturated carbocycles. The molecule has 2 aliphatic rings. The first-order chi connectivity index (χ1) is 7.09. The van der Waals surface area contributed by atoms with Gasteiger partial charge in [-0.05, 0) is 0 Å². The van der Waals surface area contributed by atoms with E-state index in [-0.39, 0.29) is 6.42 Å². The normalized spacial score (nSPS) is 23.5. The van der Waals surface area contributed by atoms with Crippen molar-refractivity contribution in [3.05, 3.63) is 0 Å². The Hall–Kier alpha value is -1.63. The lowest BCUT2D eigenvalue weighted by Gasteiger charge is -2.19. The highest BCUT2D eigenvalue weighted by molar-refractivity contribution is 6.32. The number of carbonyl (C=O) groups is 3. The van der Waals surface area contributed by atoms with Gasteiger partial charge in [0.25, 0.3) is 0 Å². The SMILES string of the molecule is NCCN1CCC2(OC(=O)C(=O)O2)C1=O. The fraction of sp³-hybridized carbons (Fsp3) is 0.625. The van der Waals surface area contributed by atoms with Crippen molar-refractivity contribution in [1.29, 1.82) is 0 Å². The third-order valence-corrected chi connectivity index (χ3v) is 2.40. The van der Waals surface area contributed by atoms with Crippen LogP contribution < -0.4 is 5.73 Å². The van der Waals surface area contributed by atoms with Gasteiger partial charge in [-0.25, -0.2) is 9.59 Å². The van der Waals surface area contributed by atoms with Crippen LogP contribution in [0.2, 0.25) is 0 Å². The number of hydrogen-bond acceptors (Lipinski definition) is 6. The van der Waals surface area contributed by atoms with Crippen LogP contribution in [0.5, 0.6) is 0 Å². The summed E-state index contributed by atoms with van der Waals surface area (Å²) in [5.74, 6) is -4.44. The van der Waals surface area contributed by atoms with Gasteiger partial charge in [0.15, 0.2) is 0 Å². The van der Waals surface area contributed by atoms with Crippen LogP contribution in [-0.2, 0) is 23.9 Å². The molecule has 15 heavy (non-hydrogen) atoms. The summed E-state index contributed by atoms with van der Waals surface area (Å²) in [6.07, 6.45) is 0.170. The zero-order valence-electron chi connectivity index (χ0n) is 7.89. The molecular weight excluding hydrogens is 204 g/mol. The molecule has 0 atom stereocenters. The lowest BCUT2D eigenvalue weighted by atomic mass is 10.2. The van der Waals surface area contributed by atoms with E-state index in [2.05, 4.69) is 9.47 Å². The minimum atomic E-state index is -1.71. The monoisotopic (exact) mass is 214 g/mol. The second-order valence-corrected chi connectivity index (χ2v) is 3.36. The Labute approximate surface area is 85.1 Å². The number of hydrogen-bond donors (Lipinski definition) is 1. The van der Waals surface area contributed by atoms with E-state index in [1.54, 1.807) is 0 Å². The smallest absolute Gasteiger partial charge is 0.405 e. The van der Waals surface area contributed by atoms with Gasteiger partial charge in [0.2, 0.25) is 0 Å². The van der Waals surface area contributed by atoms with Crippen LogP contribution in [0.4, 0.5) is 0 Å². The molecule has 2 fully saturated rings. The Balaban J connectivity index is 2.16. The molecule has 2 rings (SSSR count). The van der Waals surface area contributed by atoms with Gasteiger partial charge >= 0.3 is 23.6 Å². The van der Waals surface area contributed by atoms with E-state index in [0.717, 1.165) is 0 Å². The summed E-state index contributed by atoms with van der Waals surface area (Å²) in [4.78, 5) is 34.8. The average Bonchev–Trinajstić information content (AvgIpc) is 2.63. The van der Waals surface area contributed by atoms with Crippen molar-refractivity contribution in [3.8, 4) is 0 Å². The zero-order valence-corrected chi connectivity index (χ0v) is 7.89. The van der Waals surface area contributed by atoms with Gasteiger partial charge in [-0.3, -0.25) is 4.79 Å². The van der Waals surface area contributed by atoms with Crippen molar-refractivity contribution in [2.24, 2.45) is 5.73 Å². The lowest BCUT2D eigenvalue weighted by Crippen LogP contribution is -2.42. The fourth-order valence-corrected chi connectivity index (χ4v) is 1.69. The molecule has 2 heterocycles. The number of ether oxygens (including phenoxy) is 2. The van der Waals surface area contributed by atoms with E-state index in [1.807, 2.05) is 0 Å². The second-order valence-electron chi connectivity index (χ2n) is 3.36.